The highest BCUT2D eigenvalue weighted by molar-refractivity contribution is 6.22. The Kier molecular flexibility index (Phi) is 11.8. The van der Waals surface area contributed by atoms with Gasteiger partial charge in [0.05, 0.1) is 11.0 Å². The fraction of sp³-hybridized carbons (Fsp3) is 0.0115. The number of hydrogen-bond acceptors (Lipinski definition) is 2. The highest BCUT2D eigenvalue weighted by Crippen LogP contribution is 2.48. The van der Waals surface area contributed by atoms with Crippen LogP contribution in [0.4, 0.5) is 0 Å². The normalized spacial score (nSPS) is 11.8. The van der Waals surface area contributed by atoms with Crippen molar-refractivity contribution in [2.24, 2.45) is 0 Å². The van der Waals surface area contributed by atoms with Gasteiger partial charge in [0.15, 0.2) is 0 Å². The van der Waals surface area contributed by atoms with Crippen LogP contribution in [0, 0.1) is 6.92 Å². The molecule has 90 heavy (non-hydrogen) atoms. The Morgan fingerprint density at radius 1 is 0.222 bits per heavy atom. The molecule has 18 aromatic rings. The second-order valence-corrected chi connectivity index (χ2v) is 23.9. The number of nitrogens with zero attached hydrogens (tertiary/aromatic N) is 1. The maximum Gasteiger partial charge on any atom is 0.143 e. The molecule has 0 N–H and O–H groups in total. The SMILES string of the molecule is Cc1ccc(-c2cc(-c3ccc4c(c3)c3cc(-c5cc(-c6ccccc6)cc6c5oc5ccc(-c7ccccc7)cc56)ccc3n4-c3cccc(-c4c5ccccc5c(-c5ccccc5)c5ccccc45)c3)c3oc4ccc(-c5ccccc5)cc4c3c2)cc1. The van der Waals surface area contributed by atoms with Crippen LogP contribution in [0.2, 0.25) is 0 Å². The number of hydrogen-bond donors (Lipinski definition) is 0. The van der Waals surface area contributed by atoms with Crippen LogP contribution in [-0.4, -0.2) is 4.57 Å². The molecule has 0 aliphatic rings. The van der Waals surface area contributed by atoms with Crippen LogP contribution in [0.25, 0.3) is 182 Å². The number of furan rings is 2. The molecule has 3 heterocycles. The summed E-state index contributed by atoms with van der Waals surface area (Å²) in [5, 5.41) is 11.5. The number of aromatic nitrogens is 1. The molecule has 15 aromatic carbocycles. The van der Waals surface area contributed by atoms with Crippen LogP contribution in [-0.2, 0) is 0 Å². The van der Waals surface area contributed by atoms with E-state index in [1.807, 2.05) is 0 Å². The second-order valence-electron chi connectivity index (χ2n) is 23.9. The maximum absolute atomic E-state index is 7.07. The summed E-state index contributed by atoms with van der Waals surface area (Å²) in [6, 6.07) is 115. The highest BCUT2D eigenvalue weighted by atomic mass is 16.3. The van der Waals surface area contributed by atoms with Crippen molar-refractivity contribution < 1.29 is 8.83 Å². The molecule has 0 atom stereocenters. The first-order valence-corrected chi connectivity index (χ1v) is 30.9. The van der Waals surface area contributed by atoms with Crippen LogP contribution in [0.5, 0.6) is 0 Å². The minimum Gasteiger partial charge on any atom is -0.455 e. The van der Waals surface area contributed by atoms with Crippen LogP contribution in [0.15, 0.2) is 324 Å². The quantitative estimate of drug-likeness (QED) is 0.135. The molecule has 0 saturated heterocycles. The van der Waals surface area contributed by atoms with Gasteiger partial charge in [-0.05, 0) is 191 Å². The minimum absolute atomic E-state index is 0.856. The van der Waals surface area contributed by atoms with E-state index in [0.717, 1.165) is 133 Å². The first-order valence-electron chi connectivity index (χ1n) is 30.9. The third-order valence-corrected chi connectivity index (χ3v) is 18.6. The van der Waals surface area contributed by atoms with Crippen molar-refractivity contribution in [1.29, 1.82) is 0 Å². The molecule has 420 valence electrons. The van der Waals surface area contributed by atoms with Gasteiger partial charge in [-0.1, -0.05) is 236 Å². The Morgan fingerprint density at radius 2 is 0.578 bits per heavy atom. The van der Waals surface area contributed by atoms with Gasteiger partial charge in [0.2, 0.25) is 0 Å². The van der Waals surface area contributed by atoms with E-state index >= 15 is 0 Å². The predicted molar refractivity (Wildman–Crippen MR) is 379 cm³/mol. The molecule has 0 bridgehead atoms. The van der Waals surface area contributed by atoms with Crippen LogP contribution < -0.4 is 0 Å². The van der Waals surface area contributed by atoms with Gasteiger partial charge < -0.3 is 13.4 Å². The third-order valence-electron chi connectivity index (χ3n) is 18.6. The zero-order chi connectivity index (χ0) is 59.4. The van der Waals surface area contributed by atoms with E-state index in [0.29, 0.717) is 0 Å². The molecule has 3 nitrogen and oxygen atoms in total. The lowest BCUT2D eigenvalue weighted by Crippen LogP contribution is -1.96. The molecule has 18 rings (SSSR count). The van der Waals surface area contributed by atoms with Gasteiger partial charge in [0.25, 0.3) is 0 Å². The lowest BCUT2D eigenvalue weighted by molar-refractivity contribution is 0.669. The van der Waals surface area contributed by atoms with Crippen molar-refractivity contribution in [2.45, 2.75) is 6.92 Å². The summed E-state index contributed by atoms with van der Waals surface area (Å²) in [4.78, 5) is 0. The summed E-state index contributed by atoms with van der Waals surface area (Å²) in [5.74, 6) is 0. The molecule has 0 unspecified atom stereocenters. The zero-order valence-corrected chi connectivity index (χ0v) is 49.3. The Hall–Kier alpha value is -11.8. The average molecular weight is 1150 g/mol. The molecule has 0 aliphatic heterocycles. The molecule has 3 aromatic heterocycles. The number of fused-ring (bicyclic) bond motifs is 11. The first kappa shape index (κ1) is 51.4. The van der Waals surface area contributed by atoms with Gasteiger partial charge in [-0.3, -0.25) is 0 Å². The van der Waals surface area contributed by atoms with Gasteiger partial charge in [-0.15, -0.1) is 0 Å². The Labute approximate surface area is 520 Å². The van der Waals surface area contributed by atoms with Crippen molar-refractivity contribution >= 4 is 87.2 Å². The Balaban J connectivity index is 0.890. The van der Waals surface area contributed by atoms with E-state index < -0.39 is 0 Å². The Bertz CT molecular complexity index is 5820. The summed E-state index contributed by atoms with van der Waals surface area (Å²) in [7, 11) is 0. The Morgan fingerprint density at radius 3 is 1.04 bits per heavy atom. The smallest absolute Gasteiger partial charge is 0.143 e. The van der Waals surface area contributed by atoms with E-state index in [9.17, 15) is 0 Å². The summed E-state index contributed by atoms with van der Waals surface area (Å²) in [6.07, 6.45) is 0. The molecular weight excluding hydrogens is 1090 g/mol. The maximum atomic E-state index is 7.07. The van der Waals surface area contributed by atoms with Crippen LogP contribution >= 0.6 is 0 Å². The molecule has 0 fully saturated rings. The van der Waals surface area contributed by atoms with E-state index in [2.05, 4.69) is 327 Å². The lowest BCUT2D eigenvalue weighted by atomic mass is 9.86. The van der Waals surface area contributed by atoms with E-state index in [1.54, 1.807) is 0 Å². The molecule has 0 radical (unpaired) electrons. The molecule has 0 amide bonds. The largest absolute Gasteiger partial charge is 0.455 e. The van der Waals surface area contributed by atoms with Crippen LogP contribution in [0.1, 0.15) is 5.56 Å². The number of aryl methyl sites for hydroxylation is 1. The molecule has 0 spiro atoms. The van der Waals surface area contributed by atoms with E-state index in [-0.39, 0.29) is 0 Å². The monoisotopic (exact) mass is 1150 g/mol. The van der Waals surface area contributed by atoms with Gasteiger partial charge in [-0.2, -0.15) is 0 Å². The molecule has 3 heteroatoms. The van der Waals surface area contributed by atoms with Crippen molar-refractivity contribution in [3.8, 4) is 94.7 Å². The minimum atomic E-state index is 0.856. The highest BCUT2D eigenvalue weighted by Gasteiger charge is 2.23. The molecule has 0 aliphatic carbocycles. The van der Waals surface area contributed by atoms with Crippen molar-refractivity contribution in [3.05, 3.63) is 321 Å². The first-order chi connectivity index (χ1) is 44.5. The van der Waals surface area contributed by atoms with Crippen molar-refractivity contribution in [1.82, 2.24) is 4.57 Å². The summed E-state index contributed by atoms with van der Waals surface area (Å²) in [6.45, 7) is 2.15. The number of benzene rings is 15. The van der Waals surface area contributed by atoms with Gasteiger partial charge in [0.1, 0.15) is 22.3 Å². The van der Waals surface area contributed by atoms with E-state index in [1.165, 1.54) is 54.9 Å². The van der Waals surface area contributed by atoms with Crippen molar-refractivity contribution in [3.63, 3.8) is 0 Å². The summed E-state index contributed by atoms with van der Waals surface area (Å²) >= 11 is 0. The number of rotatable bonds is 9. The summed E-state index contributed by atoms with van der Waals surface area (Å²) < 4.78 is 16.6. The summed E-state index contributed by atoms with van der Waals surface area (Å²) in [5.41, 5.74) is 26.2. The standard InChI is InChI=1S/C87H55NO2/c1-54-33-35-58(36-34-54)66-51-73(87-79(53-66)77-47-61(40-44-83(77)90-87)56-21-8-3-9-22-56)63-38-42-81-75(49-63)74-48-62(72-50-65(57-23-10-4-11-24-57)52-78-76-46-60(55-19-6-2-7-20-55)39-43-82(76)89-86(72)78)37-41-80(74)88(81)67-28-18-27-64(45-67)85-70-31-16-14-29-68(70)84(59-25-12-5-13-26-59)69-30-15-17-32-71(69)85/h2-53H,1H3. The van der Waals surface area contributed by atoms with E-state index in [4.69, 9.17) is 8.83 Å². The van der Waals surface area contributed by atoms with Gasteiger partial charge in [-0.25, -0.2) is 0 Å². The predicted octanol–water partition coefficient (Wildman–Crippen LogP) is 24.5. The fourth-order valence-electron chi connectivity index (χ4n) is 14.3. The fourth-order valence-corrected chi connectivity index (χ4v) is 14.3. The second kappa shape index (κ2) is 20.7. The van der Waals surface area contributed by atoms with Gasteiger partial charge in [0, 0.05) is 49.1 Å². The molecular formula is C87H55NO2. The topological polar surface area (TPSA) is 31.2 Å². The molecule has 0 saturated carbocycles. The lowest BCUT2D eigenvalue weighted by Gasteiger charge is -2.18. The van der Waals surface area contributed by atoms with Crippen molar-refractivity contribution in [2.75, 3.05) is 0 Å². The third kappa shape index (κ3) is 8.43. The van der Waals surface area contributed by atoms with Crippen LogP contribution in [0.3, 0.4) is 0 Å². The van der Waals surface area contributed by atoms with Gasteiger partial charge >= 0.3 is 0 Å². The zero-order valence-electron chi connectivity index (χ0n) is 49.3. The average Bonchev–Trinajstić information content (AvgIpc) is 1.41.